The molecule has 0 aliphatic carbocycles. The van der Waals surface area contributed by atoms with Crippen LogP contribution in [0.25, 0.3) is 11.6 Å². The Kier molecular flexibility index (Phi) is 6.28. The van der Waals surface area contributed by atoms with E-state index < -0.39 is 0 Å². The predicted molar refractivity (Wildman–Crippen MR) is 133 cm³/mol. The van der Waals surface area contributed by atoms with Crippen molar-refractivity contribution in [2.75, 3.05) is 29.6 Å². The maximum Gasteiger partial charge on any atom is 0.230 e. The number of rotatable bonds is 6. The van der Waals surface area contributed by atoms with Gasteiger partial charge < -0.3 is 15.5 Å². The number of hydrogen-bond acceptors (Lipinski definition) is 7. The lowest BCUT2D eigenvalue weighted by molar-refractivity contribution is 0.952. The largest absolute Gasteiger partial charge is 0.368 e. The summed E-state index contributed by atoms with van der Waals surface area (Å²) in [4.78, 5) is 16.5. The minimum Gasteiger partial charge on any atom is -0.368 e. The van der Waals surface area contributed by atoms with E-state index in [2.05, 4.69) is 50.2 Å². The topological polar surface area (TPSA) is 95.0 Å². The molecule has 0 aliphatic rings. The van der Waals surface area contributed by atoms with E-state index in [4.69, 9.17) is 5.73 Å². The van der Waals surface area contributed by atoms with E-state index in [1.54, 1.807) is 25.1 Å². The van der Waals surface area contributed by atoms with Gasteiger partial charge in [0.1, 0.15) is 6.07 Å². The van der Waals surface area contributed by atoms with Crippen molar-refractivity contribution in [3.8, 4) is 6.07 Å². The molecular formula is C26H23N7. The number of nitrogens with zero attached hydrogens (tertiary/aromatic N) is 6. The molecule has 2 N–H and O–H groups in total. The monoisotopic (exact) mass is 433 g/mol. The van der Waals surface area contributed by atoms with Gasteiger partial charge in [-0.15, -0.1) is 0 Å². The standard InChI is InChI=1S/C26H23N7/c1-32(2)26-30-24(29-25(28)31-26)20(18-27)17-19-13-15-23(16-14-19)33(21-9-5-3-6-10-21)22-11-7-4-8-12-22/h3-17H,1-2H3,(H2,28,29,30,31)/b20-17+. The zero-order chi connectivity index (χ0) is 23.2. The molecule has 4 rings (SSSR count). The predicted octanol–water partition coefficient (Wildman–Crippen LogP) is 5.05. The fourth-order valence-electron chi connectivity index (χ4n) is 3.34. The molecule has 1 heterocycles. The summed E-state index contributed by atoms with van der Waals surface area (Å²) in [6.45, 7) is 0. The first-order valence-corrected chi connectivity index (χ1v) is 10.4. The molecule has 162 valence electrons. The maximum atomic E-state index is 9.72. The average Bonchev–Trinajstić information content (AvgIpc) is 2.84. The summed E-state index contributed by atoms with van der Waals surface area (Å²) in [6, 6.07) is 30.5. The molecule has 0 saturated carbocycles. The number of anilines is 5. The number of para-hydroxylation sites is 2. The number of nitrogen functional groups attached to an aromatic ring is 1. The van der Waals surface area contributed by atoms with Crippen LogP contribution in [-0.2, 0) is 0 Å². The minimum absolute atomic E-state index is 0.0709. The highest BCUT2D eigenvalue weighted by Gasteiger charge is 2.13. The van der Waals surface area contributed by atoms with Crippen LogP contribution in [0.1, 0.15) is 11.4 Å². The van der Waals surface area contributed by atoms with E-state index in [0.29, 0.717) is 11.5 Å². The van der Waals surface area contributed by atoms with Crippen molar-refractivity contribution >= 4 is 40.6 Å². The molecular weight excluding hydrogens is 410 g/mol. The van der Waals surface area contributed by atoms with Crippen molar-refractivity contribution in [1.82, 2.24) is 15.0 Å². The minimum atomic E-state index is 0.0709. The number of hydrogen-bond donors (Lipinski definition) is 1. The van der Waals surface area contributed by atoms with Crippen LogP contribution in [0.2, 0.25) is 0 Å². The third kappa shape index (κ3) is 4.97. The van der Waals surface area contributed by atoms with Gasteiger partial charge in [-0.2, -0.15) is 20.2 Å². The Morgan fingerprint density at radius 2 is 1.33 bits per heavy atom. The number of nitriles is 1. The van der Waals surface area contributed by atoms with Crippen LogP contribution in [0.15, 0.2) is 84.9 Å². The van der Waals surface area contributed by atoms with Gasteiger partial charge in [0.15, 0.2) is 5.82 Å². The molecule has 7 heteroatoms. The Bertz CT molecular complexity index is 1250. The molecule has 0 unspecified atom stereocenters. The Morgan fingerprint density at radius 1 is 0.788 bits per heavy atom. The fourth-order valence-corrected chi connectivity index (χ4v) is 3.34. The molecule has 0 radical (unpaired) electrons. The van der Waals surface area contributed by atoms with Crippen LogP contribution in [-0.4, -0.2) is 29.0 Å². The highest BCUT2D eigenvalue weighted by Crippen LogP contribution is 2.34. The van der Waals surface area contributed by atoms with Gasteiger partial charge in [-0.1, -0.05) is 48.5 Å². The number of nitrogens with two attached hydrogens (primary N) is 1. The SMILES string of the molecule is CN(C)c1nc(N)nc(/C(C#N)=C/c2ccc(N(c3ccccc3)c3ccccc3)cc2)n1. The molecule has 0 amide bonds. The van der Waals surface area contributed by atoms with Crippen molar-refractivity contribution in [3.63, 3.8) is 0 Å². The number of aromatic nitrogens is 3. The van der Waals surface area contributed by atoms with Gasteiger partial charge in [-0.05, 0) is 48.0 Å². The molecule has 7 nitrogen and oxygen atoms in total. The molecule has 1 aromatic heterocycles. The number of benzene rings is 3. The summed E-state index contributed by atoms with van der Waals surface area (Å²) in [5.41, 5.74) is 10.1. The first-order valence-electron chi connectivity index (χ1n) is 10.4. The van der Waals surface area contributed by atoms with Gasteiger partial charge in [0, 0.05) is 31.2 Å². The molecule has 0 saturated heterocycles. The second-order valence-corrected chi connectivity index (χ2v) is 7.48. The summed E-state index contributed by atoms with van der Waals surface area (Å²) in [5, 5.41) is 9.72. The van der Waals surface area contributed by atoms with E-state index in [-0.39, 0.29) is 11.8 Å². The summed E-state index contributed by atoms with van der Waals surface area (Å²) in [7, 11) is 3.61. The third-order valence-corrected chi connectivity index (χ3v) is 4.89. The molecule has 0 aliphatic heterocycles. The third-order valence-electron chi connectivity index (χ3n) is 4.89. The van der Waals surface area contributed by atoms with E-state index in [1.165, 1.54) is 0 Å². The van der Waals surface area contributed by atoms with Gasteiger partial charge in [-0.25, -0.2) is 0 Å². The summed E-state index contributed by atoms with van der Waals surface area (Å²) >= 11 is 0. The van der Waals surface area contributed by atoms with Gasteiger partial charge in [0.05, 0.1) is 5.57 Å². The molecule has 0 atom stereocenters. The second-order valence-electron chi connectivity index (χ2n) is 7.48. The first-order chi connectivity index (χ1) is 16.0. The van der Waals surface area contributed by atoms with E-state index in [0.717, 1.165) is 22.6 Å². The van der Waals surface area contributed by atoms with E-state index in [1.807, 2.05) is 60.7 Å². The van der Waals surface area contributed by atoms with Crippen LogP contribution in [0.4, 0.5) is 29.0 Å². The van der Waals surface area contributed by atoms with Gasteiger partial charge in [-0.3, -0.25) is 0 Å². The zero-order valence-electron chi connectivity index (χ0n) is 18.4. The lowest BCUT2D eigenvalue weighted by Crippen LogP contribution is -2.15. The lowest BCUT2D eigenvalue weighted by Gasteiger charge is -2.25. The molecule has 33 heavy (non-hydrogen) atoms. The Hall–Kier alpha value is -4.70. The average molecular weight is 434 g/mol. The van der Waals surface area contributed by atoms with Crippen molar-refractivity contribution in [2.24, 2.45) is 0 Å². The first kappa shape index (κ1) is 21.5. The molecule has 4 aromatic rings. The number of allylic oxidation sites excluding steroid dienone is 1. The smallest absolute Gasteiger partial charge is 0.230 e. The van der Waals surface area contributed by atoms with Gasteiger partial charge in [0.2, 0.25) is 11.9 Å². The lowest BCUT2D eigenvalue weighted by atomic mass is 10.1. The fraction of sp³-hybridized carbons (Fsp3) is 0.0769. The quantitative estimate of drug-likeness (QED) is 0.425. The second kappa shape index (κ2) is 9.62. The van der Waals surface area contributed by atoms with Crippen LogP contribution in [0.3, 0.4) is 0 Å². The van der Waals surface area contributed by atoms with Crippen molar-refractivity contribution < 1.29 is 0 Å². The van der Waals surface area contributed by atoms with Crippen molar-refractivity contribution in [3.05, 3.63) is 96.3 Å². The Labute approximate surface area is 193 Å². The van der Waals surface area contributed by atoms with Crippen LogP contribution in [0, 0.1) is 11.3 Å². The Balaban J connectivity index is 1.70. The van der Waals surface area contributed by atoms with Gasteiger partial charge in [0.25, 0.3) is 0 Å². The van der Waals surface area contributed by atoms with Crippen LogP contribution in [0.5, 0.6) is 0 Å². The van der Waals surface area contributed by atoms with Crippen LogP contribution < -0.4 is 15.5 Å². The summed E-state index contributed by atoms with van der Waals surface area (Å²) < 4.78 is 0. The zero-order valence-corrected chi connectivity index (χ0v) is 18.4. The van der Waals surface area contributed by atoms with Crippen molar-refractivity contribution in [2.45, 2.75) is 0 Å². The highest BCUT2D eigenvalue weighted by atomic mass is 15.3. The van der Waals surface area contributed by atoms with E-state index in [9.17, 15) is 5.26 Å². The summed E-state index contributed by atoms with van der Waals surface area (Å²) in [6.07, 6.45) is 1.74. The normalized spacial score (nSPS) is 11.0. The maximum absolute atomic E-state index is 9.72. The molecule has 0 spiro atoms. The van der Waals surface area contributed by atoms with Crippen molar-refractivity contribution in [1.29, 1.82) is 5.26 Å². The molecule has 3 aromatic carbocycles. The van der Waals surface area contributed by atoms with Crippen LogP contribution >= 0.6 is 0 Å². The Morgan fingerprint density at radius 3 is 1.85 bits per heavy atom. The van der Waals surface area contributed by atoms with Gasteiger partial charge >= 0.3 is 0 Å². The molecule has 0 fully saturated rings. The summed E-state index contributed by atoms with van der Waals surface area (Å²) in [5.74, 6) is 0.713. The van der Waals surface area contributed by atoms with E-state index >= 15 is 0 Å². The highest BCUT2D eigenvalue weighted by molar-refractivity contribution is 5.88. The molecule has 0 bridgehead atoms.